The summed E-state index contributed by atoms with van der Waals surface area (Å²) in [6.07, 6.45) is 4.78. The molecule has 76 valence electrons. The van der Waals surface area contributed by atoms with E-state index in [1.165, 1.54) is 6.08 Å². The lowest BCUT2D eigenvalue weighted by molar-refractivity contribution is -0.117. The highest BCUT2D eigenvalue weighted by atomic mass is 16.4. The van der Waals surface area contributed by atoms with Crippen molar-refractivity contribution in [2.24, 2.45) is 0 Å². The first kappa shape index (κ1) is 10.5. The minimum Gasteiger partial charge on any atom is -0.444 e. The molecule has 0 aromatic carbocycles. The van der Waals surface area contributed by atoms with E-state index < -0.39 is 0 Å². The Kier molecular flexibility index (Phi) is 3.45. The number of carbonyl (C=O) groups excluding carboxylic acids is 1. The standard InChI is InChI=1S/C10H14N2O2/c1-4-5-9(13)12-8(3)10-11-6-7(2)14-10/h4-6,8H,1-3H3,(H,12,13)/b5-4+. The third-order valence-corrected chi connectivity index (χ3v) is 1.69. The molecule has 1 N–H and O–H groups in total. The van der Waals surface area contributed by atoms with Crippen molar-refractivity contribution >= 4 is 5.91 Å². The van der Waals surface area contributed by atoms with Crippen LogP contribution in [0.1, 0.15) is 31.5 Å². The minimum absolute atomic E-state index is 0.143. The fourth-order valence-corrected chi connectivity index (χ4v) is 1.05. The summed E-state index contributed by atoms with van der Waals surface area (Å²) in [5, 5.41) is 2.73. The Hall–Kier alpha value is -1.58. The van der Waals surface area contributed by atoms with E-state index >= 15 is 0 Å². The number of amides is 1. The number of aromatic nitrogens is 1. The molecule has 14 heavy (non-hydrogen) atoms. The van der Waals surface area contributed by atoms with Crippen LogP contribution in [0.4, 0.5) is 0 Å². The molecule has 0 saturated heterocycles. The molecule has 4 nitrogen and oxygen atoms in total. The molecule has 1 heterocycles. The van der Waals surface area contributed by atoms with E-state index in [9.17, 15) is 4.79 Å². The zero-order chi connectivity index (χ0) is 10.6. The second-order valence-electron chi connectivity index (χ2n) is 3.04. The molecule has 0 aliphatic heterocycles. The van der Waals surface area contributed by atoms with Crippen molar-refractivity contribution in [3.8, 4) is 0 Å². The number of nitrogens with zero attached hydrogens (tertiary/aromatic N) is 1. The number of carbonyl (C=O) groups is 1. The summed E-state index contributed by atoms with van der Waals surface area (Å²) in [6.45, 7) is 5.43. The van der Waals surface area contributed by atoms with Crippen molar-refractivity contribution < 1.29 is 9.21 Å². The van der Waals surface area contributed by atoms with Gasteiger partial charge in [-0.1, -0.05) is 6.08 Å². The Morgan fingerprint density at radius 2 is 2.43 bits per heavy atom. The van der Waals surface area contributed by atoms with Gasteiger partial charge in [-0.15, -0.1) is 0 Å². The monoisotopic (exact) mass is 194 g/mol. The molecule has 4 heteroatoms. The van der Waals surface area contributed by atoms with Crippen molar-refractivity contribution in [3.63, 3.8) is 0 Å². The summed E-state index contributed by atoms with van der Waals surface area (Å²) >= 11 is 0. The lowest BCUT2D eigenvalue weighted by Gasteiger charge is -2.07. The fraction of sp³-hybridized carbons (Fsp3) is 0.400. The maximum absolute atomic E-state index is 11.2. The zero-order valence-corrected chi connectivity index (χ0v) is 8.57. The second-order valence-corrected chi connectivity index (χ2v) is 3.04. The van der Waals surface area contributed by atoms with Crippen LogP contribution in [0.15, 0.2) is 22.8 Å². The highest BCUT2D eigenvalue weighted by Gasteiger charge is 2.12. The highest BCUT2D eigenvalue weighted by Crippen LogP contribution is 2.11. The molecule has 0 radical (unpaired) electrons. The number of aryl methyl sites for hydroxylation is 1. The Morgan fingerprint density at radius 3 is 2.93 bits per heavy atom. The number of oxazole rings is 1. The molecule has 0 saturated carbocycles. The van der Waals surface area contributed by atoms with E-state index in [0.717, 1.165) is 5.76 Å². The summed E-state index contributed by atoms with van der Waals surface area (Å²) < 4.78 is 5.27. The maximum Gasteiger partial charge on any atom is 0.244 e. The Balaban J connectivity index is 2.58. The number of hydrogen-bond donors (Lipinski definition) is 1. The molecular formula is C10H14N2O2. The van der Waals surface area contributed by atoms with Crippen molar-refractivity contribution in [2.45, 2.75) is 26.8 Å². The van der Waals surface area contributed by atoms with Crippen LogP contribution in [0.3, 0.4) is 0 Å². The molecule has 0 fully saturated rings. The fourth-order valence-electron chi connectivity index (χ4n) is 1.05. The van der Waals surface area contributed by atoms with E-state index in [1.807, 2.05) is 13.8 Å². The van der Waals surface area contributed by atoms with Crippen LogP contribution >= 0.6 is 0 Å². The average molecular weight is 194 g/mol. The lowest BCUT2D eigenvalue weighted by atomic mass is 10.3. The van der Waals surface area contributed by atoms with E-state index in [1.54, 1.807) is 19.2 Å². The molecule has 1 atom stereocenters. The van der Waals surface area contributed by atoms with E-state index in [2.05, 4.69) is 10.3 Å². The topological polar surface area (TPSA) is 55.1 Å². The summed E-state index contributed by atoms with van der Waals surface area (Å²) in [5.74, 6) is 1.13. The van der Waals surface area contributed by atoms with Gasteiger partial charge in [0.05, 0.1) is 6.20 Å². The van der Waals surface area contributed by atoms with Gasteiger partial charge in [0.2, 0.25) is 11.8 Å². The summed E-state index contributed by atoms with van der Waals surface area (Å²) in [7, 11) is 0. The van der Waals surface area contributed by atoms with Crippen LogP contribution < -0.4 is 5.32 Å². The Bertz CT molecular complexity index is 342. The Morgan fingerprint density at radius 1 is 1.71 bits per heavy atom. The highest BCUT2D eigenvalue weighted by molar-refractivity contribution is 5.87. The molecule has 1 aromatic heterocycles. The summed E-state index contributed by atoms with van der Waals surface area (Å²) in [4.78, 5) is 15.2. The van der Waals surface area contributed by atoms with Crippen molar-refractivity contribution in [1.29, 1.82) is 0 Å². The van der Waals surface area contributed by atoms with Crippen LogP contribution in [-0.4, -0.2) is 10.9 Å². The first-order valence-electron chi connectivity index (χ1n) is 4.49. The quantitative estimate of drug-likeness (QED) is 0.745. The van der Waals surface area contributed by atoms with Gasteiger partial charge in [-0.2, -0.15) is 0 Å². The van der Waals surface area contributed by atoms with Gasteiger partial charge in [-0.25, -0.2) is 4.98 Å². The smallest absolute Gasteiger partial charge is 0.244 e. The normalized spacial score (nSPS) is 13.1. The van der Waals surface area contributed by atoms with Gasteiger partial charge in [0.25, 0.3) is 0 Å². The van der Waals surface area contributed by atoms with Crippen LogP contribution in [-0.2, 0) is 4.79 Å². The number of nitrogens with one attached hydrogen (secondary N) is 1. The molecule has 0 spiro atoms. The van der Waals surface area contributed by atoms with E-state index in [0.29, 0.717) is 5.89 Å². The third kappa shape index (κ3) is 2.73. The van der Waals surface area contributed by atoms with Gasteiger partial charge in [-0.05, 0) is 26.8 Å². The van der Waals surface area contributed by atoms with Crippen molar-refractivity contribution in [1.82, 2.24) is 10.3 Å². The van der Waals surface area contributed by atoms with Gasteiger partial charge in [0.1, 0.15) is 11.8 Å². The molecule has 1 aromatic rings. The first-order chi connectivity index (χ1) is 6.63. The molecular weight excluding hydrogens is 180 g/mol. The van der Waals surface area contributed by atoms with Gasteiger partial charge in [0.15, 0.2) is 0 Å². The van der Waals surface area contributed by atoms with Crippen LogP contribution in [0.5, 0.6) is 0 Å². The predicted molar refractivity (Wildman–Crippen MR) is 52.6 cm³/mol. The number of hydrogen-bond acceptors (Lipinski definition) is 3. The van der Waals surface area contributed by atoms with Gasteiger partial charge >= 0.3 is 0 Å². The van der Waals surface area contributed by atoms with Crippen LogP contribution in [0.2, 0.25) is 0 Å². The maximum atomic E-state index is 11.2. The van der Waals surface area contributed by atoms with E-state index in [-0.39, 0.29) is 11.9 Å². The van der Waals surface area contributed by atoms with Crippen LogP contribution in [0, 0.1) is 6.92 Å². The first-order valence-corrected chi connectivity index (χ1v) is 4.49. The lowest BCUT2D eigenvalue weighted by Crippen LogP contribution is -2.24. The van der Waals surface area contributed by atoms with Crippen molar-refractivity contribution in [3.05, 3.63) is 30.0 Å². The van der Waals surface area contributed by atoms with Crippen LogP contribution in [0.25, 0.3) is 0 Å². The third-order valence-electron chi connectivity index (χ3n) is 1.69. The SMILES string of the molecule is C/C=C/C(=O)NC(C)c1ncc(C)o1. The van der Waals surface area contributed by atoms with Gasteiger partial charge in [-0.3, -0.25) is 4.79 Å². The second kappa shape index (κ2) is 4.60. The molecule has 0 bridgehead atoms. The summed E-state index contributed by atoms with van der Waals surface area (Å²) in [6, 6.07) is -0.201. The molecule has 1 rings (SSSR count). The van der Waals surface area contributed by atoms with Gasteiger partial charge in [0, 0.05) is 0 Å². The molecule has 1 amide bonds. The largest absolute Gasteiger partial charge is 0.444 e. The predicted octanol–water partition coefficient (Wildman–Crippen LogP) is 1.74. The minimum atomic E-state index is -0.201. The molecule has 0 aliphatic rings. The average Bonchev–Trinajstić information content (AvgIpc) is 2.52. The Labute approximate surface area is 83.0 Å². The van der Waals surface area contributed by atoms with E-state index in [4.69, 9.17) is 4.42 Å². The number of rotatable bonds is 3. The molecule has 0 aliphatic carbocycles. The summed E-state index contributed by atoms with van der Waals surface area (Å²) in [5.41, 5.74) is 0. The van der Waals surface area contributed by atoms with Gasteiger partial charge < -0.3 is 9.73 Å². The van der Waals surface area contributed by atoms with Crippen molar-refractivity contribution in [2.75, 3.05) is 0 Å². The zero-order valence-electron chi connectivity index (χ0n) is 8.57. The number of allylic oxidation sites excluding steroid dienone is 1. The molecule has 1 unspecified atom stereocenters.